The van der Waals surface area contributed by atoms with E-state index in [9.17, 15) is 8.42 Å². The third-order valence-electron chi connectivity index (χ3n) is 1.90. The average molecular weight is 221 g/mol. The maximum absolute atomic E-state index is 11.6. The highest BCUT2D eigenvalue weighted by molar-refractivity contribution is 7.99. The molecule has 0 radical (unpaired) electrons. The van der Waals surface area contributed by atoms with E-state index in [2.05, 4.69) is 6.58 Å². The number of nitrogens with zero attached hydrogens (tertiary/aromatic N) is 1. The predicted molar refractivity (Wildman–Crippen MR) is 57.5 cm³/mol. The maximum atomic E-state index is 11.6. The van der Waals surface area contributed by atoms with Crippen LogP contribution in [-0.2, 0) is 10.0 Å². The van der Waals surface area contributed by atoms with Gasteiger partial charge in [0.2, 0.25) is 10.0 Å². The van der Waals surface area contributed by atoms with Crippen molar-refractivity contribution in [2.45, 2.75) is 6.42 Å². The summed E-state index contributed by atoms with van der Waals surface area (Å²) >= 11 is 1.82. The van der Waals surface area contributed by atoms with Crippen molar-refractivity contribution in [2.75, 3.05) is 30.3 Å². The maximum Gasteiger partial charge on any atom is 0.217 e. The molecule has 0 amide bonds. The summed E-state index contributed by atoms with van der Waals surface area (Å²) < 4.78 is 24.7. The molecule has 1 aliphatic heterocycles. The van der Waals surface area contributed by atoms with E-state index in [-0.39, 0.29) is 5.75 Å². The normalized spacial score (nSPS) is 20.9. The van der Waals surface area contributed by atoms with Crippen molar-refractivity contribution < 1.29 is 8.42 Å². The second-order valence-electron chi connectivity index (χ2n) is 2.93. The van der Waals surface area contributed by atoms with Gasteiger partial charge in [0.25, 0.3) is 0 Å². The van der Waals surface area contributed by atoms with Crippen molar-refractivity contribution in [1.29, 1.82) is 0 Å². The van der Waals surface area contributed by atoms with Crippen LogP contribution in [0.5, 0.6) is 0 Å². The lowest BCUT2D eigenvalue weighted by atomic mass is 10.5. The minimum absolute atomic E-state index is 0.0671. The van der Waals surface area contributed by atoms with Crippen molar-refractivity contribution in [1.82, 2.24) is 4.31 Å². The molecule has 0 aromatic carbocycles. The van der Waals surface area contributed by atoms with Gasteiger partial charge in [0.1, 0.15) is 0 Å². The van der Waals surface area contributed by atoms with E-state index in [0.717, 1.165) is 17.9 Å². The third-order valence-corrected chi connectivity index (χ3v) is 4.76. The minimum atomic E-state index is -3.05. The summed E-state index contributed by atoms with van der Waals surface area (Å²) in [6.45, 7) is 4.78. The van der Waals surface area contributed by atoms with E-state index >= 15 is 0 Å². The molecule has 13 heavy (non-hydrogen) atoms. The smallest absolute Gasteiger partial charge is 0.212 e. The lowest BCUT2D eigenvalue weighted by molar-refractivity contribution is 0.437. The van der Waals surface area contributed by atoms with E-state index in [1.54, 1.807) is 4.31 Å². The Morgan fingerprint density at radius 2 is 2.15 bits per heavy atom. The average Bonchev–Trinajstić information content (AvgIpc) is 2.31. The molecular weight excluding hydrogens is 206 g/mol. The first kappa shape index (κ1) is 11.1. The number of sulfonamides is 1. The standard InChI is InChI=1S/C8H15NO2S2/c1-2-8-13(10,11)9-4-3-6-12-7-5-9/h2H,1,3-8H2. The zero-order chi connectivity index (χ0) is 9.73. The fraction of sp³-hybridized carbons (Fsp3) is 0.750. The second-order valence-corrected chi connectivity index (χ2v) is 6.17. The molecule has 0 spiro atoms. The van der Waals surface area contributed by atoms with Crippen LogP contribution in [0, 0.1) is 0 Å². The molecule has 1 heterocycles. The Morgan fingerprint density at radius 3 is 2.85 bits per heavy atom. The summed E-state index contributed by atoms with van der Waals surface area (Å²) in [5.74, 6) is 2.05. The van der Waals surface area contributed by atoms with Crippen molar-refractivity contribution in [3.8, 4) is 0 Å². The van der Waals surface area contributed by atoms with Gasteiger partial charge in [-0.25, -0.2) is 12.7 Å². The van der Waals surface area contributed by atoms with Gasteiger partial charge >= 0.3 is 0 Å². The van der Waals surface area contributed by atoms with Crippen LogP contribution in [0.3, 0.4) is 0 Å². The van der Waals surface area contributed by atoms with Gasteiger partial charge in [-0.2, -0.15) is 11.8 Å². The Labute approximate surface area is 84.2 Å². The zero-order valence-corrected chi connectivity index (χ0v) is 9.24. The van der Waals surface area contributed by atoms with Crippen LogP contribution < -0.4 is 0 Å². The van der Waals surface area contributed by atoms with Gasteiger partial charge in [0.05, 0.1) is 5.75 Å². The highest BCUT2D eigenvalue weighted by Gasteiger charge is 2.21. The largest absolute Gasteiger partial charge is 0.217 e. The van der Waals surface area contributed by atoms with Crippen molar-refractivity contribution in [2.24, 2.45) is 0 Å². The van der Waals surface area contributed by atoms with Crippen LogP contribution in [0.2, 0.25) is 0 Å². The van der Waals surface area contributed by atoms with Gasteiger partial charge < -0.3 is 0 Å². The van der Waals surface area contributed by atoms with E-state index < -0.39 is 10.0 Å². The molecule has 1 saturated heterocycles. The molecular formula is C8H15NO2S2. The van der Waals surface area contributed by atoms with Gasteiger partial charge in [-0.15, -0.1) is 6.58 Å². The first-order chi connectivity index (χ1) is 6.17. The Morgan fingerprint density at radius 1 is 1.38 bits per heavy atom. The summed E-state index contributed by atoms with van der Waals surface area (Å²) in [7, 11) is -3.05. The summed E-state index contributed by atoms with van der Waals surface area (Å²) in [5.41, 5.74) is 0. The Kier molecular flexibility index (Phi) is 4.28. The van der Waals surface area contributed by atoms with Gasteiger partial charge in [0.15, 0.2) is 0 Å². The van der Waals surface area contributed by atoms with Crippen molar-refractivity contribution in [3.05, 3.63) is 12.7 Å². The Hall–Kier alpha value is -0.0000000000000000555. The highest BCUT2D eigenvalue weighted by atomic mass is 32.2. The van der Waals surface area contributed by atoms with Crippen LogP contribution in [0.25, 0.3) is 0 Å². The number of hydrogen-bond donors (Lipinski definition) is 0. The summed E-state index contributed by atoms with van der Waals surface area (Å²) in [6, 6.07) is 0. The molecule has 1 fully saturated rings. The first-order valence-corrected chi connectivity index (χ1v) is 7.09. The summed E-state index contributed by atoms with van der Waals surface area (Å²) in [4.78, 5) is 0. The molecule has 0 aliphatic carbocycles. The fourth-order valence-corrected chi connectivity index (χ4v) is 3.54. The first-order valence-electron chi connectivity index (χ1n) is 4.33. The Balaban J connectivity index is 2.62. The highest BCUT2D eigenvalue weighted by Crippen LogP contribution is 2.13. The molecule has 0 bridgehead atoms. The quantitative estimate of drug-likeness (QED) is 0.666. The molecule has 0 aromatic rings. The number of thioether (sulfide) groups is 1. The summed E-state index contributed by atoms with van der Waals surface area (Å²) in [6.07, 6.45) is 2.41. The molecule has 0 atom stereocenters. The van der Waals surface area contributed by atoms with Crippen molar-refractivity contribution >= 4 is 21.8 Å². The van der Waals surface area contributed by atoms with Crippen LogP contribution in [0.1, 0.15) is 6.42 Å². The lowest BCUT2D eigenvalue weighted by Crippen LogP contribution is -2.34. The molecule has 0 unspecified atom stereocenters. The third kappa shape index (κ3) is 3.32. The molecule has 5 heteroatoms. The topological polar surface area (TPSA) is 37.4 Å². The van der Waals surface area contributed by atoms with E-state index in [1.807, 2.05) is 11.8 Å². The minimum Gasteiger partial charge on any atom is -0.212 e. The SMILES string of the molecule is C=CCS(=O)(=O)N1CCCSCC1. The van der Waals surface area contributed by atoms with Gasteiger partial charge in [-0.1, -0.05) is 6.08 Å². The predicted octanol–water partition coefficient (Wildman–Crippen LogP) is 0.941. The Bertz CT molecular complexity index is 253. The van der Waals surface area contributed by atoms with Crippen molar-refractivity contribution in [3.63, 3.8) is 0 Å². The fourth-order valence-electron chi connectivity index (χ4n) is 1.26. The van der Waals surface area contributed by atoms with Crippen LogP contribution >= 0.6 is 11.8 Å². The monoisotopic (exact) mass is 221 g/mol. The molecule has 1 aliphatic rings. The van der Waals surface area contributed by atoms with E-state index in [1.165, 1.54) is 6.08 Å². The lowest BCUT2D eigenvalue weighted by Gasteiger charge is -2.18. The van der Waals surface area contributed by atoms with Crippen LogP contribution in [-0.4, -0.2) is 43.1 Å². The molecule has 76 valence electrons. The molecule has 0 N–H and O–H groups in total. The van der Waals surface area contributed by atoms with Gasteiger partial charge in [-0.3, -0.25) is 0 Å². The zero-order valence-electron chi connectivity index (χ0n) is 7.61. The molecule has 3 nitrogen and oxygen atoms in total. The van der Waals surface area contributed by atoms with Crippen LogP contribution in [0.4, 0.5) is 0 Å². The van der Waals surface area contributed by atoms with Gasteiger partial charge in [0, 0.05) is 18.8 Å². The molecule has 0 saturated carbocycles. The molecule has 0 aromatic heterocycles. The number of rotatable bonds is 3. The van der Waals surface area contributed by atoms with E-state index in [4.69, 9.17) is 0 Å². The van der Waals surface area contributed by atoms with Gasteiger partial charge in [-0.05, 0) is 12.2 Å². The van der Waals surface area contributed by atoms with E-state index in [0.29, 0.717) is 13.1 Å². The number of hydrogen-bond acceptors (Lipinski definition) is 3. The molecule has 1 rings (SSSR count). The second kappa shape index (κ2) is 5.02. The van der Waals surface area contributed by atoms with Crippen LogP contribution in [0.15, 0.2) is 12.7 Å². The summed E-state index contributed by atoms with van der Waals surface area (Å²) in [5, 5.41) is 0.